The third kappa shape index (κ3) is 4.42. The molecular weight excluding hydrogens is 396 g/mol. The molecule has 0 saturated heterocycles. The first-order valence-corrected chi connectivity index (χ1v) is 10.4. The Morgan fingerprint density at radius 3 is 2.79 bits per heavy atom. The van der Waals surface area contributed by atoms with Crippen molar-refractivity contribution in [1.29, 1.82) is 0 Å². The minimum absolute atomic E-state index is 0.114. The average molecular weight is 419 g/mol. The highest BCUT2D eigenvalue weighted by molar-refractivity contribution is 7.99. The Balaban J connectivity index is 1.85. The molecule has 148 valence electrons. The van der Waals surface area contributed by atoms with Crippen molar-refractivity contribution in [2.45, 2.75) is 39.4 Å². The van der Waals surface area contributed by atoms with Crippen LogP contribution in [0.2, 0.25) is 5.02 Å². The maximum absolute atomic E-state index is 12.9. The van der Waals surface area contributed by atoms with E-state index in [0.29, 0.717) is 33.4 Å². The number of carbonyl (C=O) groups excluding carboxylic acids is 1. The summed E-state index contributed by atoms with van der Waals surface area (Å²) in [5.74, 6) is 0.202. The molecular formula is C20H23ClN4O2S. The van der Waals surface area contributed by atoms with E-state index < -0.39 is 0 Å². The van der Waals surface area contributed by atoms with Crippen LogP contribution in [0.15, 0.2) is 34.2 Å². The van der Waals surface area contributed by atoms with Gasteiger partial charge in [0.1, 0.15) is 5.52 Å². The monoisotopic (exact) mass is 418 g/mol. The van der Waals surface area contributed by atoms with Crippen LogP contribution < -0.4 is 10.9 Å². The lowest BCUT2D eigenvalue weighted by Gasteiger charge is -2.14. The summed E-state index contributed by atoms with van der Waals surface area (Å²) in [4.78, 5) is 33.0. The molecule has 0 saturated carbocycles. The number of halogens is 1. The Morgan fingerprint density at radius 1 is 1.36 bits per heavy atom. The van der Waals surface area contributed by atoms with Crippen molar-refractivity contribution in [3.05, 3.63) is 50.9 Å². The van der Waals surface area contributed by atoms with Crippen molar-refractivity contribution >= 4 is 46.0 Å². The van der Waals surface area contributed by atoms with Gasteiger partial charge >= 0.3 is 0 Å². The number of fused-ring (bicyclic) bond motifs is 1. The molecule has 3 aromatic rings. The molecule has 0 fully saturated rings. The minimum Gasteiger partial charge on any atom is -0.353 e. The fourth-order valence-corrected chi connectivity index (χ4v) is 4.02. The van der Waals surface area contributed by atoms with E-state index in [1.165, 1.54) is 11.8 Å². The van der Waals surface area contributed by atoms with Crippen molar-refractivity contribution in [2.75, 3.05) is 11.1 Å². The van der Waals surface area contributed by atoms with Crippen LogP contribution in [0.4, 0.5) is 5.69 Å². The van der Waals surface area contributed by atoms with Crippen molar-refractivity contribution in [3.63, 3.8) is 0 Å². The smallest absolute Gasteiger partial charge is 0.278 e. The molecule has 0 spiro atoms. The van der Waals surface area contributed by atoms with Gasteiger partial charge in [0.25, 0.3) is 5.56 Å². The van der Waals surface area contributed by atoms with Gasteiger partial charge in [0, 0.05) is 12.2 Å². The molecule has 6 nitrogen and oxygen atoms in total. The number of thioether (sulfide) groups is 1. The quantitative estimate of drug-likeness (QED) is 0.459. The van der Waals surface area contributed by atoms with Gasteiger partial charge in [0.15, 0.2) is 5.16 Å². The third-order valence-electron chi connectivity index (χ3n) is 4.20. The SMILES string of the molecule is Cc1cc2nc(SCC(=O)Nc3c(C)cccc3Cl)n(CC(C)C)c(=O)c2[nH]1. The summed E-state index contributed by atoms with van der Waals surface area (Å²) in [6.07, 6.45) is 0. The number of aromatic amines is 1. The predicted octanol–water partition coefficient (Wildman–Crippen LogP) is 4.38. The van der Waals surface area contributed by atoms with E-state index in [1.54, 1.807) is 10.6 Å². The van der Waals surface area contributed by atoms with Gasteiger partial charge in [-0.3, -0.25) is 14.2 Å². The number of carbonyl (C=O) groups is 1. The number of aromatic nitrogens is 3. The third-order valence-corrected chi connectivity index (χ3v) is 5.50. The molecule has 1 amide bonds. The first-order chi connectivity index (χ1) is 13.3. The van der Waals surface area contributed by atoms with Crippen molar-refractivity contribution in [2.24, 2.45) is 5.92 Å². The highest BCUT2D eigenvalue weighted by Crippen LogP contribution is 2.26. The number of para-hydroxylation sites is 1. The fourth-order valence-electron chi connectivity index (χ4n) is 2.94. The molecule has 2 heterocycles. The summed E-state index contributed by atoms with van der Waals surface area (Å²) in [5.41, 5.74) is 3.39. The number of H-pyrrole nitrogens is 1. The van der Waals surface area contributed by atoms with Crippen LogP contribution in [0.3, 0.4) is 0 Å². The number of anilines is 1. The zero-order valence-corrected chi connectivity index (χ0v) is 17.9. The predicted molar refractivity (Wildman–Crippen MR) is 115 cm³/mol. The topological polar surface area (TPSA) is 79.8 Å². The van der Waals surface area contributed by atoms with E-state index >= 15 is 0 Å². The summed E-state index contributed by atoms with van der Waals surface area (Å²) < 4.78 is 1.64. The molecule has 0 radical (unpaired) electrons. The summed E-state index contributed by atoms with van der Waals surface area (Å²) in [6, 6.07) is 7.30. The lowest BCUT2D eigenvalue weighted by Crippen LogP contribution is -2.26. The minimum atomic E-state index is -0.197. The molecule has 1 aromatic carbocycles. The average Bonchev–Trinajstić information content (AvgIpc) is 2.99. The number of hydrogen-bond donors (Lipinski definition) is 2. The number of nitrogens with zero attached hydrogens (tertiary/aromatic N) is 2. The molecule has 0 atom stereocenters. The van der Waals surface area contributed by atoms with Gasteiger partial charge < -0.3 is 10.3 Å². The highest BCUT2D eigenvalue weighted by Gasteiger charge is 2.16. The molecule has 8 heteroatoms. The molecule has 0 bridgehead atoms. The van der Waals surface area contributed by atoms with E-state index in [2.05, 4.69) is 15.3 Å². The molecule has 2 N–H and O–H groups in total. The van der Waals surface area contributed by atoms with Crippen LogP contribution in [-0.2, 0) is 11.3 Å². The first kappa shape index (κ1) is 20.5. The lowest BCUT2D eigenvalue weighted by molar-refractivity contribution is -0.113. The lowest BCUT2D eigenvalue weighted by atomic mass is 10.2. The molecule has 0 aliphatic heterocycles. The maximum Gasteiger partial charge on any atom is 0.278 e. The van der Waals surface area contributed by atoms with Gasteiger partial charge in [-0.15, -0.1) is 0 Å². The van der Waals surface area contributed by atoms with Gasteiger partial charge in [0.05, 0.1) is 22.0 Å². The Hall–Kier alpha value is -2.25. The van der Waals surface area contributed by atoms with Crippen molar-refractivity contribution in [3.8, 4) is 0 Å². The first-order valence-electron chi connectivity index (χ1n) is 9.04. The van der Waals surface area contributed by atoms with Crippen molar-refractivity contribution in [1.82, 2.24) is 14.5 Å². The van der Waals surface area contributed by atoms with Gasteiger partial charge in [-0.05, 0) is 37.5 Å². The maximum atomic E-state index is 12.9. The van der Waals surface area contributed by atoms with Crippen LogP contribution in [0.1, 0.15) is 25.1 Å². The second-order valence-electron chi connectivity index (χ2n) is 7.19. The van der Waals surface area contributed by atoms with Crippen LogP contribution in [0.25, 0.3) is 11.0 Å². The molecule has 3 rings (SSSR count). The highest BCUT2D eigenvalue weighted by atomic mass is 35.5. The second-order valence-corrected chi connectivity index (χ2v) is 8.53. The largest absolute Gasteiger partial charge is 0.353 e. The summed E-state index contributed by atoms with van der Waals surface area (Å²) in [6.45, 7) is 8.39. The number of aryl methyl sites for hydroxylation is 2. The number of hydrogen-bond acceptors (Lipinski definition) is 4. The van der Waals surface area contributed by atoms with E-state index in [1.807, 2.05) is 45.9 Å². The normalized spacial score (nSPS) is 11.4. The zero-order chi connectivity index (χ0) is 20.4. The Labute approximate surface area is 172 Å². The zero-order valence-electron chi connectivity index (χ0n) is 16.3. The Morgan fingerprint density at radius 2 is 2.11 bits per heavy atom. The number of benzene rings is 1. The number of amides is 1. The molecule has 0 aliphatic carbocycles. The fraction of sp³-hybridized carbons (Fsp3) is 0.350. The molecule has 0 aliphatic rings. The van der Waals surface area contributed by atoms with Crippen LogP contribution in [-0.4, -0.2) is 26.2 Å². The van der Waals surface area contributed by atoms with Crippen molar-refractivity contribution < 1.29 is 4.79 Å². The summed E-state index contributed by atoms with van der Waals surface area (Å²) in [5, 5.41) is 3.89. The van der Waals surface area contributed by atoms with E-state index in [-0.39, 0.29) is 23.1 Å². The Bertz CT molecular complexity index is 1070. The van der Waals surface area contributed by atoms with Crippen LogP contribution in [0, 0.1) is 19.8 Å². The van der Waals surface area contributed by atoms with Gasteiger partial charge in [0.2, 0.25) is 5.91 Å². The van der Waals surface area contributed by atoms with Gasteiger partial charge in [-0.25, -0.2) is 4.98 Å². The molecule has 0 unspecified atom stereocenters. The van der Waals surface area contributed by atoms with Gasteiger partial charge in [-0.1, -0.05) is 49.3 Å². The second kappa shape index (κ2) is 8.41. The van der Waals surface area contributed by atoms with E-state index in [0.717, 1.165) is 11.3 Å². The number of rotatable bonds is 6. The summed E-state index contributed by atoms with van der Waals surface area (Å²) in [7, 11) is 0. The van der Waals surface area contributed by atoms with E-state index in [4.69, 9.17) is 11.6 Å². The summed E-state index contributed by atoms with van der Waals surface area (Å²) >= 11 is 7.43. The van der Waals surface area contributed by atoms with Gasteiger partial charge in [-0.2, -0.15) is 0 Å². The number of nitrogens with one attached hydrogen (secondary N) is 2. The van der Waals surface area contributed by atoms with E-state index in [9.17, 15) is 9.59 Å². The standard InChI is InChI=1S/C20H23ClN4O2S/c1-11(2)9-25-19(27)18-15(8-13(4)22-18)23-20(25)28-10-16(26)24-17-12(3)6-5-7-14(17)21/h5-8,11,22H,9-10H2,1-4H3,(H,24,26). The molecule has 28 heavy (non-hydrogen) atoms. The Kier molecular flexibility index (Phi) is 6.15. The van der Waals surface area contributed by atoms with Crippen LogP contribution >= 0.6 is 23.4 Å². The van der Waals surface area contributed by atoms with Crippen LogP contribution in [0.5, 0.6) is 0 Å². The molecule has 2 aromatic heterocycles.